The van der Waals surface area contributed by atoms with Gasteiger partial charge in [-0.1, -0.05) is 0 Å². The Labute approximate surface area is 62.3 Å². The van der Waals surface area contributed by atoms with Crippen LogP contribution in [-0.4, -0.2) is 15.4 Å². The molecule has 0 aromatic carbocycles. The fraction of sp³-hybridized carbons (Fsp3) is 0. The Hall–Kier alpha value is -2.21. The molecule has 0 aliphatic carbocycles. The van der Waals surface area contributed by atoms with Gasteiger partial charge in [-0.3, -0.25) is 0 Å². The lowest BCUT2D eigenvalue weighted by Gasteiger charge is -1.99. The van der Waals surface area contributed by atoms with Gasteiger partial charge in [0.05, 0.1) is 12.4 Å². The maximum Gasteiger partial charge on any atom is 0.199 e. The van der Waals surface area contributed by atoms with Crippen molar-refractivity contribution < 1.29 is 0 Å². The predicted molar refractivity (Wildman–Crippen MR) is 33.5 cm³/mol. The molecule has 0 aliphatic heterocycles. The zero-order chi connectivity index (χ0) is 8.10. The number of aromatic nitrogens is 3. The average Bonchev–Trinajstić information content (AvgIpc) is 2.09. The Morgan fingerprint density at radius 2 is 1.73 bits per heavy atom. The molecule has 6 nitrogen and oxygen atoms in total. The van der Waals surface area contributed by atoms with Crippen LogP contribution in [0.15, 0.2) is 12.4 Å². The molecule has 0 aliphatic rings. The summed E-state index contributed by atoms with van der Waals surface area (Å²) in [6.45, 7) is 0. The van der Waals surface area contributed by atoms with Gasteiger partial charge < -0.3 is 0 Å². The first-order valence-electron chi connectivity index (χ1n) is 2.61. The Bertz CT molecular complexity index is 292. The van der Waals surface area contributed by atoms with E-state index in [9.17, 15) is 0 Å². The van der Waals surface area contributed by atoms with E-state index in [0.29, 0.717) is 5.69 Å². The number of nitriles is 2. The first-order valence-corrected chi connectivity index (χ1v) is 2.61. The molecule has 0 bridgehead atoms. The first kappa shape index (κ1) is 6.90. The fourth-order valence-electron chi connectivity index (χ4n) is 0.486. The van der Waals surface area contributed by atoms with Gasteiger partial charge in [0, 0.05) is 0 Å². The monoisotopic (exact) mass is 146 g/mol. The summed E-state index contributed by atoms with van der Waals surface area (Å²) in [4.78, 5) is 0.779. The van der Waals surface area contributed by atoms with Crippen LogP contribution >= 0.6 is 0 Å². The van der Waals surface area contributed by atoms with Crippen molar-refractivity contribution in [3.63, 3.8) is 0 Å². The minimum atomic E-state index is 0.310. The van der Waals surface area contributed by atoms with Crippen molar-refractivity contribution in [2.24, 2.45) is 0 Å². The molecule has 1 heterocycles. The second kappa shape index (κ2) is 3.08. The van der Waals surface area contributed by atoms with Crippen LogP contribution in [0.3, 0.4) is 0 Å². The quantitative estimate of drug-likeness (QED) is 0.397. The molecule has 0 atom stereocenters. The summed E-state index contributed by atoms with van der Waals surface area (Å²) in [7, 11) is 0. The van der Waals surface area contributed by atoms with E-state index in [4.69, 9.17) is 10.5 Å². The van der Waals surface area contributed by atoms with Crippen molar-refractivity contribution in [3.8, 4) is 12.4 Å². The standard InChI is InChI=1S/C5H2N6/c6-3-11(4-7)5-1-8-10-9-2-5/h1-2H. The second-order valence-electron chi connectivity index (χ2n) is 1.54. The summed E-state index contributed by atoms with van der Waals surface area (Å²) in [5, 5.41) is 26.8. The molecule has 0 radical (unpaired) electrons. The molecule has 0 saturated heterocycles. The molecular weight excluding hydrogens is 144 g/mol. The van der Waals surface area contributed by atoms with Gasteiger partial charge in [-0.2, -0.15) is 15.4 Å². The molecule has 1 aromatic rings. The minimum absolute atomic E-state index is 0.310. The van der Waals surface area contributed by atoms with Crippen molar-refractivity contribution in [2.45, 2.75) is 0 Å². The Balaban J connectivity index is 2.96. The number of nitrogens with zero attached hydrogens (tertiary/aromatic N) is 6. The summed E-state index contributed by atoms with van der Waals surface area (Å²) in [5.41, 5.74) is 0.310. The predicted octanol–water partition coefficient (Wildman–Crippen LogP) is -0.360. The summed E-state index contributed by atoms with van der Waals surface area (Å²) < 4.78 is 0. The SMILES string of the molecule is N#CN(C#N)c1cnnnc1. The maximum absolute atomic E-state index is 8.36. The highest BCUT2D eigenvalue weighted by molar-refractivity contribution is 5.50. The summed E-state index contributed by atoms with van der Waals surface area (Å²) in [6, 6.07) is 0. The number of anilines is 1. The minimum Gasteiger partial charge on any atom is -0.179 e. The van der Waals surface area contributed by atoms with Crippen LogP contribution in [0.4, 0.5) is 5.69 Å². The van der Waals surface area contributed by atoms with E-state index < -0.39 is 0 Å². The summed E-state index contributed by atoms with van der Waals surface area (Å²) in [5.74, 6) is 0. The van der Waals surface area contributed by atoms with Crippen LogP contribution in [0.5, 0.6) is 0 Å². The van der Waals surface area contributed by atoms with Crippen LogP contribution < -0.4 is 4.90 Å². The molecule has 11 heavy (non-hydrogen) atoms. The van der Waals surface area contributed by atoms with Crippen molar-refractivity contribution >= 4 is 5.69 Å². The van der Waals surface area contributed by atoms with Gasteiger partial charge in [0.25, 0.3) is 0 Å². The van der Waals surface area contributed by atoms with Gasteiger partial charge in [-0.15, -0.1) is 10.2 Å². The Kier molecular flexibility index (Phi) is 1.94. The van der Waals surface area contributed by atoms with E-state index in [2.05, 4.69) is 15.4 Å². The summed E-state index contributed by atoms with van der Waals surface area (Å²) in [6.07, 6.45) is 5.82. The second-order valence-corrected chi connectivity index (χ2v) is 1.54. The zero-order valence-corrected chi connectivity index (χ0v) is 5.34. The van der Waals surface area contributed by atoms with Crippen molar-refractivity contribution in [3.05, 3.63) is 12.4 Å². The first-order chi connectivity index (χ1) is 5.38. The Morgan fingerprint density at radius 3 is 2.18 bits per heavy atom. The molecule has 0 spiro atoms. The molecule has 1 aromatic heterocycles. The van der Waals surface area contributed by atoms with Gasteiger partial charge >= 0.3 is 0 Å². The van der Waals surface area contributed by atoms with Gasteiger partial charge in [0.2, 0.25) is 0 Å². The highest BCUT2D eigenvalue weighted by Crippen LogP contribution is 2.05. The molecule has 0 unspecified atom stereocenters. The maximum atomic E-state index is 8.36. The smallest absolute Gasteiger partial charge is 0.179 e. The van der Waals surface area contributed by atoms with E-state index in [1.165, 1.54) is 12.4 Å². The molecule has 1 rings (SSSR count). The number of rotatable bonds is 1. The van der Waals surface area contributed by atoms with E-state index >= 15 is 0 Å². The lowest BCUT2D eigenvalue weighted by Crippen LogP contribution is -2.08. The number of hydrogen-bond donors (Lipinski definition) is 0. The third-order valence-corrected chi connectivity index (χ3v) is 0.941. The van der Waals surface area contributed by atoms with Crippen molar-refractivity contribution in [2.75, 3.05) is 4.90 Å². The van der Waals surface area contributed by atoms with E-state index in [1.54, 1.807) is 12.4 Å². The van der Waals surface area contributed by atoms with E-state index in [1.807, 2.05) is 0 Å². The molecule has 6 heteroatoms. The van der Waals surface area contributed by atoms with Gasteiger partial charge in [0.1, 0.15) is 5.69 Å². The largest absolute Gasteiger partial charge is 0.199 e. The van der Waals surface area contributed by atoms with Gasteiger partial charge in [0.15, 0.2) is 12.4 Å². The van der Waals surface area contributed by atoms with Crippen LogP contribution in [0.2, 0.25) is 0 Å². The molecule has 0 fully saturated rings. The molecular formula is C5H2N6. The normalized spacial score (nSPS) is 7.82. The van der Waals surface area contributed by atoms with Crippen LogP contribution in [0, 0.1) is 22.9 Å². The van der Waals surface area contributed by atoms with Crippen molar-refractivity contribution in [1.82, 2.24) is 15.4 Å². The average molecular weight is 146 g/mol. The van der Waals surface area contributed by atoms with Crippen LogP contribution in [0.25, 0.3) is 0 Å². The Morgan fingerprint density at radius 1 is 1.18 bits per heavy atom. The lowest BCUT2D eigenvalue weighted by atomic mass is 10.5. The zero-order valence-electron chi connectivity index (χ0n) is 5.34. The van der Waals surface area contributed by atoms with Crippen LogP contribution in [-0.2, 0) is 0 Å². The van der Waals surface area contributed by atoms with Gasteiger partial charge in [-0.25, -0.2) is 0 Å². The molecule has 0 N–H and O–H groups in total. The highest BCUT2D eigenvalue weighted by atomic mass is 15.3. The molecule has 0 saturated carbocycles. The van der Waals surface area contributed by atoms with E-state index in [0.717, 1.165) is 4.90 Å². The molecule has 0 amide bonds. The van der Waals surface area contributed by atoms with Crippen LogP contribution in [0.1, 0.15) is 0 Å². The number of hydrogen-bond acceptors (Lipinski definition) is 6. The third kappa shape index (κ3) is 1.37. The molecule has 52 valence electrons. The summed E-state index contributed by atoms with van der Waals surface area (Å²) >= 11 is 0. The lowest BCUT2D eigenvalue weighted by molar-refractivity contribution is 0.862. The van der Waals surface area contributed by atoms with Crippen molar-refractivity contribution in [1.29, 1.82) is 10.5 Å². The third-order valence-electron chi connectivity index (χ3n) is 0.941. The highest BCUT2D eigenvalue weighted by Gasteiger charge is 2.02. The fourth-order valence-corrected chi connectivity index (χ4v) is 0.486. The topological polar surface area (TPSA) is 89.5 Å². The van der Waals surface area contributed by atoms with E-state index in [-0.39, 0.29) is 0 Å². The van der Waals surface area contributed by atoms with Gasteiger partial charge in [-0.05, 0) is 5.21 Å².